The van der Waals surface area contributed by atoms with Gasteiger partial charge in [-0.3, -0.25) is 19.7 Å². The number of rotatable bonds is 6. The number of pyridine rings is 2. The number of aromatic nitrogens is 2. The van der Waals surface area contributed by atoms with Crippen LogP contribution in [-0.2, 0) is 13.2 Å². The number of hydrogen-bond acceptors (Lipinski definition) is 5. The number of halogens is 1. The Morgan fingerprint density at radius 3 is 2.63 bits per heavy atom. The van der Waals surface area contributed by atoms with Crippen LogP contribution in [0.15, 0.2) is 67.1 Å². The number of nitrogens with zero attached hydrogens (tertiary/aromatic N) is 4. The summed E-state index contributed by atoms with van der Waals surface area (Å²) in [5, 5.41) is 0.683. The SMILES string of the molecule is O=C(c1ccccn1)N1CCN(Cc2cc(Cl)ccc2OCc2cccnc2)CC1. The third-order valence-electron chi connectivity index (χ3n) is 5.08. The van der Waals surface area contributed by atoms with Crippen LogP contribution in [0.1, 0.15) is 21.6 Å². The smallest absolute Gasteiger partial charge is 0.272 e. The van der Waals surface area contributed by atoms with Crippen molar-refractivity contribution in [2.75, 3.05) is 26.2 Å². The largest absolute Gasteiger partial charge is 0.489 e. The van der Waals surface area contributed by atoms with Gasteiger partial charge in [0.05, 0.1) is 0 Å². The standard InChI is InChI=1S/C23H23ClN4O2/c24-20-6-7-22(30-17-18-4-3-8-25-15-18)19(14-20)16-27-10-12-28(13-11-27)23(29)21-5-1-2-9-26-21/h1-9,14-15H,10-13,16-17H2. The third-order valence-corrected chi connectivity index (χ3v) is 5.31. The monoisotopic (exact) mass is 422 g/mol. The lowest BCUT2D eigenvalue weighted by atomic mass is 10.1. The molecule has 30 heavy (non-hydrogen) atoms. The molecule has 154 valence electrons. The first kappa shape index (κ1) is 20.3. The molecule has 1 aliphatic rings. The maximum Gasteiger partial charge on any atom is 0.272 e. The lowest BCUT2D eigenvalue weighted by Crippen LogP contribution is -2.48. The molecule has 0 saturated carbocycles. The van der Waals surface area contributed by atoms with Crippen molar-refractivity contribution >= 4 is 17.5 Å². The molecule has 0 N–H and O–H groups in total. The first-order chi connectivity index (χ1) is 14.7. The predicted octanol–water partition coefficient (Wildman–Crippen LogP) is 3.67. The summed E-state index contributed by atoms with van der Waals surface area (Å²) >= 11 is 6.24. The Kier molecular flexibility index (Phi) is 6.57. The van der Waals surface area contributed by atoms with Crippen LogP contribution in [0.3, 0.4) is 0 Å². The topological polar surface area (TPSA) is 58.6 Å². The van der Waals surface area contributed by atoms with Crippen LogP contribution in [-0.4, -0.2) is 51.9 Å². The van der Waals surface area contributed by atoms with E-state index in [1.54, 1.807) is 24.7 Å². The first-order valence-corrected chi connectivity index (χ1v) is 10.3. The molecule has 3 aromatic rings. The highest BCUT2D eigenvalue weighted by atomic mass is 35.5. The Morgan fingerprint density at radius 2 is 1.90 bits per heavy atom. The van der Waals surface area contributed by atoms with E-state index >= 15 is 0 Å². The van der Waals surface area contributed by atoms with Crippen molar-refractivity contribution in [3.05, 3.63) is 89.0 Å². The summed E-state index contributed by atoms with van der Waals surface area (Å²) in [5.41, 5.74) is 2.54. The Labute approximate surface area is 181 Å². The fourth-order valence-corrected chi connectivity index (χ4v) is 3.65. The first-order valence-electron chi connectivity index (χ1n) is 9.92. The summed E-state index contributed by atoms with van der Waals surface area (Å²) < 4.78 is 6.04. The van der Waals surface area contributed by atoms with Gasteiger partial charge in [0.15, 0.2) is 0 Å². The van der Waals surface area contributed by atoms with Gasteiger partial charge in [-0.1, -0.05) is 23.7 Å². The Balaban J connectivity index is 1.36. The number of benzene rings is 1. The van der Waals surface area contributed by atoms with Crippen molar-refractivity contribution in [1.29, 1.82) is 0 Å². The van der Waals surface area contributed by atoms with Crippen LogP contribution in [0.5, 0.6) is 5.75 Å². The molecule has 4 rings (SSSR count). The molecule has 0 spiro atoms. The van der Waals surface area contributed by atoms with E-state index in [1.165, 1.54) is 0 Å². The van der Waals surface area contributed by atoms with Crippen LogP contribution in [0.25, 0.3) is 0 Å². The highest BCUT2D eigenvalue weighted by Gasteiger charge is 2.23. The van der Waals surface area contributed by atoms with E-state index in [0.717, 1.165) is 30.0 Å². The molecule has 2 aromatic heterocycles. The lowest BCUT2D eigenvalue weighted by Gasteiger charge is -2.34. The zero-order chi connectivity index (χ0) is 20.8. The Morgan fingerprint density at radius 1 is 1.03 bits per heavy atom. The molecule has 1 amide bonds. The lowest BCUT2D eigenvalue weighted by molar-refractivity contribution is 0.0621. The van der Waals surface area contributed by atoms with Crippen LogP contribution in [0.2, 0.25) is 5.02 Å². The van der Waals surface area contributed by atoms with E-state index in [1.807, 2.05) is 47.4 Å². The molecular formula is C23H23ClN4O2. The Bertz CT molecular complexity index is 977. The maximum absolute atomic E-state index is 12.6. The number of amides is 1. The minimum Gasteiger partial charge on any atom is -0.489 e. The van der Waals surface area contributed by atoms with Crippen molar-refractivity contribution in [1.82, 2.24) is 19.8 Å². The van der Waals surface area contributed by atoms with E-state index in [-0.39, 0.29) is 5.91 Å². The maximum atomic E-state index is 12.6. The fourth-order valence-electron chi connectivity index (χ4n) is 3.46. The summed E-state index contributed by atoms with van der Waals surface area (Å²) in [7, 11) is 0. The summed E-state index contributed by atoms with van der Waals surface area (Å²) in [6, 6.07) is 15.0. The molecule has 1 aliphatic heterocycles. The molecule has 6 nitrogen and oxygen atoms in total. The second-order valence-corrected chi connectivity index (χ2v) is 7.62. The summed E-state index contributed by atoms with van der Waals surface area (Å²) in [6.45, 7) is 4.08. The van der Waals surface area contributed by atoms with Gasteiger partial charge in [0.1, 0.15) is 18.1 Å². The van der Waals surface area contributed by atoms with Gasteiger partial charge in [-0.15, -0.1) is 0 Å². The molecule has 0 unspecified atom stereocenters. The Hall–Kier alpha value is -2.96. The van der Waals surface area contributed by atoms with Gasteiger partial charge in [0.25, 0.3) is 5.91 Å². The zero-order valence-electron chi connectivity index (χ0n) is 16.6. The number of carbonyl (C=O) groups is 1. The molecule has 0 atom stereocenters. The third kappa shape index (κ3) is 5.14. The summed E-state index contributed by atoms with van der Waals surface area (Å²) in [6.07, 6.45) is 5.19. The zero-order valence-corrected chi connectivity index (χ0v) is 17.3. The van der Waals surface area contributed by atoms with Gasteiger partial charge in [-0.2, -0.15) is 0 Å². The van der Waals surface area contributed by atoms with Gasteiger partial charge in [-0.05, 0) is 36.4 Å². The minimum atomic E-state index is -0.0153. The predicted molar refractivity (Wildman–Crippen MR) is 115 cm³/mol. The van der Waals surface area contributed by atoms with Gasteiger partial charge in [-0.25, -0.2) is 0 Å². The second kappa shape index (κ2) is 9.69. The minimum absolute atomic E-state index is 0.0153. The number of carbonyl (C=O) groups excluding carboxylic acids is 1. The van der Waals surface area contributed by atoms with Crippen LogP contribution >= 0.6 is 11.6 Å². The highest BCUT2D eigenvalue weighted by molar-refractivity contribution is 6.30. The molecule has 0 aliphatic carbocycles. The van der Waals surface area contributed by atoms with Crippen LogP contribution in [0.4, 0.5) is 0 Å². The van der Waals surface area contributed by atoms with Crippen LogP contribution < -0.4 is 4.74 Å². The van der Waals surface area contributed by atoms with E-state index in [4.69, 9.17) is 16.3 Å². The highest BCUT2D eigenvalue weighted by Crippen LogP contribution is 2.26. The summed E-state index contributed by atoms with van der Waals surface area (Å²) in [4.78, 5) is 25.0. The quantitative estimate of drug-likeness (QED) is 0.606. The molecule has 1 saturated heterocycles. The average Bonchev–Trinajstić information content (AvgIpc) is 2.80. The van der Waals surface area contributed by atoms with E-state index in [9.17, 15) is 4.79 Å². The van der Waals surface area contributed by atoms with Crippen molar-refractivity contribution in [2.24, 2.45) is 0 Å². The molecule has 1 fully saturated rings. The van der Waals surface area contributed by atoms with Crippen molar-refractivity contribution in [2.45, 2.75) is 13.2 Å². The van der Waals surface area contributed by atoms with Gasteiger partial charge >= 0.3 is 0 Å². The molecule has 1 aromatic carbocycles. The number of ether oxygens (including phenoxy) is 1. The number of hydrogen-bond donors (Lipinski definition) is 0. The molecule has 0 bridgehead atoms. The molecular weight excluding hydrogens is 400 g/mol. The van der Waals surface area contributed by atoms with Crippen molar-refractivity contribution in [3.63, 3.8) is 0 Å². The second-order valence-electron chi connectivity index (χ2n) is 7.19. The molecule has 0 radical (unpaired) electrons. The van der Waals surface area contributed by atoms with Gasteiger partial charge < -0.3 is 9.64 Å². The van der Waals surface area contributed by atoms with E-state index in [2.05, 4.69) is 14.9 Å². The number of piperazine rings is 1. The molecule has 3 heterocycles. The van der Waals surface area contributed by atoms with Crippen LogP contribution in [0, 0.1) is 0 Å². The average molecular weight is 423 g/mol. The van der Waals surface area contributed by atoms with Gasteiger partial charge in [0.2, 0.25) is 0 Å². The van der Waals surface area contributed by atoms with Gasteiger partial charge in [0, 0.05) is 67.5 Å². The van der Waals surface area contributed by atoms with E-state index < -0.39 is 0 Å². The fraction of sp³-hybridized carbons (Fsp3) is 0.261. The molecule has 7 heteroatoms. The normalized spacial score (nSPS) is 14.5. The van der Waals surface area contributed by atoms with Crippen molar-refractivity contribution in [3.8, 4) is 5.75 Å². The van der Waals surface area contributed by atoms with Crippen molar-refractivity contribution < 1.29 is 9.53 Å². The van der Waals surface area contributed by atoms with E-state index in [0.29, 0.717) is 37.0 Å². The summed E-state index contributed by atoms with van der Waals surface area (Å²) in [5.74, 6) is 0.800.